The lowest BCUT2D eigenvalue weighted by Gasteiger charge is -2.17. The van der Waals surface area contributed by atoms with Gasteiger partial charge in [-0.15, -0.1) is 0 Å². The van der Waals surface area contributed by atoms with E-state index in [0.29, 0.717) is 23.0 Å². The van der Waals surface area contributed by atoms with Crippen LogP contribution in [0, 0.1) is 13.8 Å². The molecular formula is C19H22Cl2N2O3S. The number of likely N-dealkylation sites (N-methyl/N-ethyl adjacent to an activating group) is 1. The van der Waals surface area contributed by atoms with Gasteiger partial charge in [0, 0.05) is 13.6 Å². The minimum Gasteiger partial charge on any atom is -0.355 e. The molecule has 0 aliphatic carbocycles. The molecule has 2 aromatic rings. The van der Waals surface area contributed by atoms with E-state index < -0.39 is 10.0 Å². The molecule has 5 nitrogen and oxygen atoms in total. The number of nitrogens with zero attached hydrogens (tertiary/aromatic N) is 1. The molecule has 0 aliphatic rings. The van der Waals surface area contributed by atoms with Crippen molar-refractivity contribution < 1.29 is 13.2 Å². The predicted molar refractivity (Wildman–Crippen MR) is 109 cm³/mol. The van der Waals surface area contributed by atoms with Crippen molar-refractivity contribution in [3.05, 3.63) is 63.1 Å². The average molecular weight is 429 g/mol. The van der Waals surface area contributed by atoms with E-state index in [9.17, 15) is 13.2 Å². The van der Waals surface area contributed by atoms with Gasteiger partial charge in [0.1, 0.15) is 0 Å². The van der Waals surface area contributed by atoms with E-state index in [4.69, 9.17) is 23.2 Å². The number of hydrogen-bond donors (Lipinski definition) is 1. The molecule has 0 unspecified atom stereocenters. The first-order valence-electron chi connectivity index (χ1n) is 8.36. The molecule has 0 saturated carbocycles. The Morgan fingerprint density at radius 1 is 1.11 bits per heavy atom. The Kier molecular flexibility index (Phi) is 7.28. The SMILES string of the molecule is Cc1ccc(S(=O)(=O)N(C)CC(=O)NCCc2cccc(Cl)c2Cl)cc1C. The molecule has 0 radical (unpaired) electrons. The highest BCUT2D eigenvalue weighted by molar-refractivity contribution is 7.89. The van der Waals surface area contributed by atoms with E-state index in [0.717, 1.165) is 21.0 Å². The zero-order chi connectivity index (χ0) is 20.2. The molecule has 0 aromatic heterocycles. The van der Waals surface area contributed by atoms with Crippen molar-refractivity contribution in [1.29, 1.82) is 0 Å². The van der Waals surface area contributed by atoms with Gasteiger partial charge in [-0.25, -0.2) is 8.42 Å². The van der Waals surface area contributed by atoms with Gasteiger partial charge in [-0.1, -0.05) is 41.4 Å². The highest BCUT2D eigenvalue weighted by Gasteiger charge is 2.23. The van der Waals surface area contributed by atoms with Crippen LogP contribution in [0.5, 0.6) is 0 Å². The van der Waals surface area contributed by atoms with Gasteiger partial charge in [-0.3, -0.25) is 4.79 Å². The van der Waals surface area contributed by atoms with Gasteiger partial charge in [-0.05, 0) is 55.2 Å². The summed E-state index contributed by atoms with van der Waals surface area (Å²) in [6.45, 7) is 3.83. The fourth-order valence-corrected chi connectivity index (χ4v) is 4.10. The molecule has 0 atom stereocenters. The van der Waals surface area contributed by atoms with Gasteiger partial charge in [0.2, 0.25) is 15.9 Å². The van der Waals surface area contributed by atoms with Gasteiger partial charge in [0.05, 0.1) is 21.5 Å². The molecule has 0 spiro atoms. The smallest absolute Gasteiger partial charge is 0.243 e. The van der Waals surface area contributed by atoms with Crippen LogP contribution in [0.2, 0.25) is 10.0 Å². The number of amides is 1. The minimum atomic E-state index is -3.73. The number of rotatable bonds is 7. The summed E-state index contributed by atoms with van der Waals surface area (Å²) in [5, 5.41) is 3.63. The van der Waals surface area contributed by atoms with E-state index in [1.54, 1.807) is 30.3 Å². The van der Waals surface area contributed by atoms with E-state index in [1.807, 2.05) is 19.9 Å². The van der Waals surface area contributed by atoms with E-state index in [-0.39, 0.29) is 17.3 Å². The lowest BCUT2D eigenvalue weighted by atomic mass is 10.1. The third kappa shape index (κ3) is 5.45. The summed E-state index contributed by atoms with van der Waals surface area (Å²) in [4.78, 5) is 12.3. The summed E-state index contributed by atoms with van der Waals surface area (Å²) in [6, 6.07) is 10.2. The molecule has 1 amide bonds. The minimum absolute atomic E-state index is 0.173. The van der Waals surface area contributed by atoms with Gasteiger partial charge in [0.25, 0.3) is 0 Å². The predicted octanol–water partition coefficient (Wildman–Crippen LogP) is 3.59. The van der Waals surface area contributed by atoms with E-state index in [2.05, 4.69) is 5.32 Å². The van der Waals surface area contributed by atoms with Crippen molar-refractivity contribution in [2.45, 2.75) is 25.2 Å². The summed E-state index contributed by atoms with van der Waals surface area (Å²) in [7, 11) is -2.34. The van der Waals surface area contributed by atoms with Crippen LogP contribution in [-0.2, 0) is 21.2 Å². The largest absolute Gasteiger partial charge is 0.355 e. The monoisotopic (exact) mass is 428 g/mol. The van der Waals surface area contributed by atoms with Crippen LogP contribution in [0.15, 0.2) is 41.3 Å². The number of carbonyl (C=O) groups excluding carboxylic acids is 1. The number of nitrogens with one attached hydrogen (secondary N) is 1. The summed E-state index contributed by atoms with van der Waals surface area (Å²) in [5.41, 5.74) is 2.71. The zero-order valence-electron chi connectivity index (χ0n) is 15.4. The Labute approximate surface area is 170 Å². The highest BCUT2D eigenvalue weighted by Crippen LogP contribution is 2.25. The Bertz CT molecular complexity index is 946. The highest BCUT2D eigenvalue weighted by atomic mass is 35.5. The molecule has 0 saturated heterocycles. The van der Waals surface area contributed by atoms with Crippen molar-refractivity contribution in [1.82, 2.24) is 9.62 Å². The maximum Gasteiger partial charge on any atom is 0.243 e. The van der Waals surface area contributed by atoms with E-state index in [1.165, 1.54) is 7.05 Å². The third-order valence-corrected chi connectivity index (χ3v) is 6.96. The third-order valence-electron chi connectivity index (χ3n) is 4.30. The first-order chi connectivity index (χ1) is 12.6. The van der Waals surface area contributed by atoms with Crippen molar-refractivity contribution in [2.75, 3.05) is 20.1 Å². The Morgan fingerprint density at radius 2 is 1.81 bits per heavy atom. The van der Waals surface area contributed by atoms with Crippen molar-refractivity contribution in [2.24, 2.45) is 0 Å². The molecule has 0 aliphatic heterocycles. The molecule has 0 fully saturated rings. The average Bonchev–Trinajstić information content (AvgIpc) is 2.60. The first kappa shape index (κ1) is 21.7. The summed E-state index contributed by atoms with van der Waals surface area (Å²) < 4.78 is 26.3. The van der Waals surface area contributed by atoms with Gasteiger partial charge >= 0.3 is 0 Å². The summed E-state index contributed by atoms with van der Waals surface area (Å²) in [5.74, 6) is -0.386. The maximum atomic E-state index is 12.6. The van der Waals surface area contributed by atoms with E-state index >= 15 is 0 Å². The van der Waals surface area contributed by atoms with Crippen LogP contribution < -0.4 is 5.32 Å². The molecule has 146 valence electrons. The fourth-order valence-electron chi connectivity index (χ4n) is 2.48. The van der Waals surface area contributed by atoms with Crippen LogP contribution in [0.4, 0.5) is 0 Å². The fraction of sp³-hybridized carbons (Fsp3) is 0.316. The Morgan fingerprint density at radius 3 is 2.48 bits per heavy atom. The second-order valence-corrected chi connectivity index (χ2v) is 9.15. The molecule has 2 rings (SSSR count). The summed E-state index contributed by atoms with van der Waals surface area (Å²) in [6.07, 6.45) is 0.499. The zero-order valence-corrected chi connectivity index (χ0v) is 17.7. The van der Waals surface area contributed by atoms with Crippen molar-refractivity contribution in [3.63, 3.8) is 0 Å². The number of benzene rings is 2. The molecule has 2 aromatic carbocycles. The first-order valence-corrected chi connectivity index (χ1v) is 10.6. The Balaban J connectivity index is 1.94. The second kappa shape index (κ2) is 9.06. The molecule has 8 heteroatoms. The lowest BCUT2D eigenvalue weighted by molar-refractivity contribution is -0.121. The van der Waals surface area contributed by atoms with Gasteiger partial charge < -0.3 is 5.32 Å². The second-order valence-electron chi connectivity index (χ2n) is 6.32. The summed E-state index contributed by atoms with van der Waals surface area (Å²) >= 11 is 12.1. The van der Waals surface area contributed by atoms with Crippen LogP contribution in [-0.4, -0.2) is 38.8 Å². The lowest BCUT2D eigenvalue weighted by Crippen LogP contribution is -2.39. The Hall–Kier alpha value is -1.60. The van der Waals surface area contributed by atoms with Crippen LogP contribution in [0.1, 0.15) is 16.7 Å². The molecular weight excluding hydrogens is 407 g/mol. The number of halogens is 2. The molecule has 1 N–H and O–H groups in total. The van der Waals surface area contributed by atoms with Crippen LogP contribution in [0.3, 0.4) is 0 Å². The van der Waals surface area contributed by atoms with Gasteiger partial charge in [0.15, 0.2) is 0 Å². The molecule has 27 heavy (non-hydrogen) atoms. The normalized spacial score (nSPS) is 11.6. The molecule has 0 bridgehead atoms. The van der Waals surface area contributed by atoms with Gasteiger partial charge in [-0.2, -0.15) is 4.31 Å². The number of hydrogen-bond acceptors (Lipinski definition) is 3. The quantitative estimate of drug-likeness (QED) is 0.732. The van der Waals surface area contributed by atoms with Crippen molar-refractivity contribution >= 4 is 39.1 Å². The molecule has 0 heterocycles. The number of carbonyl (C=O) groups is 1. The standard InChI is InChI=1S/C19H22Cl2N2O3S/c1-13-7-8-16(11-14(13)2)27(25,26)23(3)12-18(24)22-10-9-15-5-4-6-17(20)19(15)21/h4-8,11H,9-10,12H2,1-3H3,(H,22,24). The maximum absolute atomic E-state index is 12.6. The number of sulfonamides is 1. The topological polar surface area (TPSA) is 66.5 Å². The number of aryl methyl sites for hydroxylation is 2. The van der Waals surface area contributed by atoms with Crippen LogP contribution >= 0.6 is 23.2 Å². The van der Waals surface area contributed by atoms with Crippen molar-refractivity contribution in [3.8, 4) is 0 Å². The van der Waals surface area contributed by atoms with Crippen LogP contribution in [0.25, 0.3) is 0 Å².